The van der Waals surface area contributed by atoms with Crippen molar-refractivity contribution in [1.29, 1.82) is 0 Å². The molecular weight excluding hydrogens is 545 g/mol. The number of nitrogens with zero attached hydrogens (tertiary/aromatic N) is 4. The number of imidazole rings is 1. The van der Waals surface area contributed by atoms with Gasteiger partial charge in [-0.15, -0.1) is 11.3 Å². The smallest absolute Gasteiger partial charge is 0.114 e. The Bertz CT molecular complexity index is 2480. The quantitative estimate of drug-likeness (QED) is 0.211. The predicted octanol–water partition coefficient (Wildman–Crippen LogP) is 10.1. The highest BCUT2D eigenvalue weighted by molar-refractivity contribution is 7.26. The van der Waals surface area contributed by atoms with Crippen molar-refractivity contribution in [1.82, 2.24) is 19.1 Å². The van der Waals surface area contributed by atoms with E-state index in [-0.39, 0.29) is 0 Å². The number of fused-ring (bicyclic) bond motifs is 8. The van der Waals surface area contributed by atoms with E-state index >= 15 is 0 Å². The van der Waals surface area contributed by atoms with E-state index in [1.807, 2.05) is 11.3 Å². The normalized spacial score (nSPS) is 11.9. The highest BCUT2D eigenvalue weighted by Gasteiger charge is 2.22. The van der Waals surface area contributed by atoms with Crippen LogP contribution in [0.15, 0.2) is 127 Å². The molecule has 5 heteroatoms. The van der Waals surface area contributed by atoms with Gasteiger partial charge in [-0.1, -0.05) is 85.8 Å². The molecule has 0 aliphatic heterocycles. The van der Waals surface area contributed by atoms with Crippen LogP contribution < -0.4 is 0 Å². The van der Waals surface area contributed by atoms with Crippen LogP contribution in [-0.2, 0) is 6.42 Å². The number of hydrogen-bond donors (Lipinski definition) is 0. The van der Waals surface area contributed by atoms with Gasteiger partial charge in [0.25, 0.3) is 0 Å². The molecule has 9 aromatic rings. The van der Waals surface area contributed by atoms with Crippen molar-refractivity contribution < 1.29 is 0 Å². The van der Waals surface area contributed by atoms with Crippen molar-refractivity contribution >= 4 is 64.5 Å². The molecule has 4 aromatic heterocycles. The van der Waals surface area contributed by atoms with Gasteiger partial charge in [-0.3, -0.25) is 4.57 Å². The first-order chi connectivity index (χ1) is 21.3. The summed E-state index contributed by atoms with van der Waals surface area (Å²) in [7, 11) is 0. The van der Waals surface area contributed by atoms with Crippen molar-refractivity contribution in [3.63, 3.8) is 0 Å². The molecule has 0 N–H and O–H groups in total. The first-order valence-corrected chi connectivity index (χ1v) is 15.5. The van der Waals surface area contributed by atoms with Gasteiger partial charge in [0.05, 0.1) is 32.5 Å². The lowest BCUT2D eigenvalue weighted by atomic mass is 10.0. The fourth-order valence-electron chi connectivity index (χ4n) is 6.59. The number of hydrogen-bond acceptors (Lipinski definition) is 3. The van der Waals surface area contributed by atoms with Crippen LogP contribution in [-0.4, -0.2) is 19.1 Å². The summed E-state index contributed by atoms with van der Waals surface area (Å²) in [4.78, 5) is 11.3. The lowest BCUT2D eigenvalue weighted by Crippen LogP contribution is -2.01. The molecule has 43 heavy (non-hydrogen) atoms. The summed E-state index contributed by atoms with van der Waals surface area (Å²) in [5.74, 6) is 1.07. The topological polar surface area (TPSA) is 35.6 Å². The monoisotopic (exact) mass is 570 g/mol. The molecule has 0 atom stereocenters. The van der Waals surface area contributed by atoms with E-state index in [9.17, 15) is 0 Å². The highest BCUT2D eigenvalue weighted by Crippen LogP contribution is 2.47. The second-order valence-corrected chi connectivity index (χ2v) is 11.9. The van der Waals surface area contributed by atoms with Crippen LogP contribution in [0.4, 0.5) is 0 Å². The van der Waals surface area contributed by atoms with Crippen LogP contribution in [0.2, 0.25) is 0 Å². The average molecular weight is 571 g/mol. The van der Waals surface area contributed by atoms with Gasteiger partial charge < -0.3 is 4.57 Å². The van der Waals surface area contributed by atoms with Crippen LogP contribution in [0.25, 0.3) is 75.8 Å². The van der Waals surface area contributed by atoms with Crippen molar-refractivity contribution in [2.45, 2.75) is 13.3 Å². The molecule has 0 amide bonds. The Morgan fingerprint density at radius 3 is 1.95 bits per heavy atom. The molecule has 0 saturated heterocycles. The molecule has 0 unspecified atom stereocenters. The Hall–Kier alpha value is -5.26. The van der Waals surface area contributed by atoms with E-state index < -0.39 is 0 Å². The zero-order valence-electron chi connectivity index (χ0n) is 23.5. The van der Waals surface area contributed by atoms with Crippen LogP contribution in [0.3, 0.4) is 0 Å². The van der Waals surface area contributed by atoms with Crippen molar-refractivity contribution in [3.8, 4) is 22.6 Å². The van der Waals surface area contributed by atoms with Gasteiger partial charge in [-0.2, -0.15) is 0 Å². The largest absolute Gasteiger partial charge is 0.301 e. The third-order valence-corrected chi connectivity index (χ3v) is 9.67. The molecule has 0 fully saturated rings. The number of thiophene rings is 1. The van der Waals surface area contributed by atoms with Gasteiger partial charge in [0.15, 0.2) is 0 Å². The molecule has 204 valence electrons. The van der Waals surface area contributed by atoms with Gasteiger partial charge in [0.1, 0.15) is 10.7 Å². The number of benzene rings is 5. The summed E-state index contributed by atoms with van der Waals surface area (Å²) < 4.78 is 5.94. The summed E-state index contributed by atoms with van der Waals surface area (Å²) in [5, 5.41) is 5.04. The molecule has 0 radical (unpaired) electrons. The Morgan fingerprint density at radius 2 is 1.19 bits per heavy atom. The number of rotatable bonds is 4. The highest BCUT2D eigenvalue weighted by atomic mass is 32.1. The summed E-state index contributed by atoms with van der Waals surface area (Å²) >= 11 is 1.84. The van der Waals surface area contributed by atoms with Crippen molar-refractivity contribution in [2.75, 3.05) is 0 Å². The summed E-state index contributed by atoms with van der Waals surface area (Å²) in [6, 6.07) is 45.2. The summed E-state index contributed by atoms with van der Waals surface area (Å²) in [6.45, 7) is 2.17. The fourth-order valence-corrected chi connectivity index (χ4v) is 7.97. The zero-order chi connectivity index (χ0) is 28.5. The van der Waals surface area contributed by atoms with Crippen molar-refractivity contribution in [3.05, 3.63) is 133 Å². The molecular formula is C38H26N4S. The lowest BCUT2D eigenvalue weighted by Gasteiger charge is -2.11. The van der Waals surface area contributed by atoms with E-state index in [0.717, 1.165) is 51.4 Å². The minimum Gasteiger partial charge on any atom is -0.301 e. The molecule has 0 aliphatic rings. The molecule has 9 rings (SSSR count). The summed E-state index contributed by atoms with van der Waals surface area (Å²) in [6.07, 6.45) is 0.868. The van der Waals surface area contributed by atoms with Gasteiger partial charge >= 0.3 is 0 Å². The number of aromatic nitrogens is 4. The molecule has 0 saturated carbocycles. The van der Waals surface area contributed by atoms with Crippen LogP contribution in [0.5, 0.6) is 0 Å². The van der Waals surface area contributed by atoms with E-state index in [1.165, 1.54) is 36.6 Å². The Morgan fingerprint density at radius 1 is 0.558 bits per heavy atom. The first kappa shape index (κ1) is 24.3. The molecule has 4 heterocycles. The van der Waals surface area contributed by atoms with E-state index in [0.29, 0.717) is 0 Å². The third kappa shape index (κ3) is 3.55. The maximum absolute atomic E-state index is 5.20. The van der Waals surface area contributed by atoms with Gasteiger partial charge in [-0.25, -0.2) is 9.97 Å². The Balaban J connectivity index is 1.33. The van der Waals surface area contributed by atoms with E-state index in [4.69, 9.17) is 9.97 Å². The maximum atomic E-state index is 5.20. The fraction of sp³-hybridized carbons (Fsp3) is 0.0526. The van der Waals surface area contributed by atoms with Gasteiger partial charge in [0, 0.05) is 44.9 Å². The molecule has 0 spiro atoms. The minimum absolute atomic E-state index is 0.868. The lowest BCUT2D eigenvalue weighted by molar-refractivity contribution is 0.908. The molecule has 4 nitrogen and oxygen atoms in total. The first-order valence-electron chi connectivity index (χ1n) is 14.7. The molecule has 5 aromatic carbocycles. The second kappa shape index (κ2) is 9.38. The summed E-state index contributed by atoms with van der Waals surface area (Å²) in [5.41, 5.74) is 8.85. The third-order valence-electron chi connectivity index (χ3n) is 8.49. The van der Waals surface area contributed by atoms with Crippen LogP contribution >= 0.6 is 11.3 Å². The van der Waals surface area contributed by atoms with Crippen LogP contribution in [0, 0.1) is 0 Å². The standard InChI is InChI=1S/C38H26N4S/c1-2-33-39-30-17-9-11-19-32(30)41(33)25-20-22-26(23-21-25)42-31-18-10-7-15-28(31)35-34-27-14-6-8-16-29(27)40-36(37(34)43-38(35)42)24-12-4-3-5-13-24/h3-23H,2H2,1H3. The van der Waals surface area contributed by atoms with Gasteiger partial charge in [0.2, 0.25) is 0 Å². The van der Waals surface area contributed by atoms with E-state index in [2.05, 4.69) is 143 Å². The molecule has 0 aliphatic carbocycles. The van der Waals surface area contributed by atoms with Crippen molar-refractivity contribution in [2.24, 2.45) is 0 Å². The maximum Gasteiger partial charge on any atom is 0.114 e. The average Bonchev–Trinajstić information content (AvgIpc) is 3.74. The molecule has 0 bridgehead atoms. The van der Waals surface area contributed by atoms with E-state index in [1.54, 1.807) is 0 Å². The number of aryl methyl sites for hydroxylation is 1. The number of para-hydroxylation sites is 4. The minimum atomic E-state index is 0.868. The number of pyridine rings is 1. The van der Waals surface area contributed by atoms with Crippen LogP contribution in [0.1, 0.15) is 12.7 Å². The second-order valence-electron chi connectivity index (χ2n) is 10.9. The van der Waals surface area contributed by atoms with Gasteiger partial charge in [-0.05, 0) is 48.5 Å². The predicted molar refractivity (Wildman–Crippen MR) is 181 cm³/mol. The zero-order valence-corrected chi connectivity index (χ0v) is 24.3. The SMILES string of the molecule is CCc1nc2ccccc2n1-c1ccc(-n2c3ccccc3c3c4c(sc32)c(-c2ccccc2)nc2ccccc24)cc1. The Labute approximate surface area is 252 Å². The Kier molecular flexibility index (Phi) is 5.31.